The Hall–Kier alpha value is -1.58. The Labute approximate surface area is 191 Å². The first-order chi connectivity index (χ1) is 15.1. The Morgan fingerprint density at radius 2 is 1.10 bits per heavy atom. The molecule has 0 aromatic carbocycles. The average Bonchev–Trinajstić information content (AvgIpc) is 2.76. The van der Waals surface area contributed by atoms with Gasteiger partial charge in [0, 0.05) is 12.8 Å². The molecule has 0 aromatic rings. The Balaban J connectivity index is 3.46. The first kappa shape index (κ1) is 29.4. The summed E-state index contributed by atoms with van der Waals surface area (Å²) in [5.41, 5.74) is 0. The minimum Gasteiger partial charge on any atom is -0.466 e. The predicted octanol–water partition coefficient (Wildman–Crippen LogP) is 7.71. The molecular weight excluding hydrogens is 388 g/mol. The summed E-state index contributed by atoms with van der Waals surface area (Å²) in [6, 6.07) is 0. The maximum atomic E-state index is 11.8. The van der Waals surface area contributed by atoms with E-state index < -0.39 is 0 Å². The largest absolute Gasteiger partial charge is 0.466 e. The van der Waals surface area contributed by atoms with Gasteiger partial charge in [-0.1, -0.05) is 70.4 Å². The normalized spacial score (nSPS) is 11.6. The molecule has 0 N–H and O–H groups in total. The van der Waals surface area contributed by atoms with E-state index in [2.05, 4.69) is 13.2 Å². The van der Waals surface area contributed by atoms with E-state index in [0.29, 0.717) is 26.1 Å². The highest BCUT2D eigenvalue weighted by molar-refractivity contribution is 5.69. The molecule has 1 atom stereocenters. The van der Waals surface area contributed by atoms with Crippen LogP contribution < -0.4 is 0 Å². The van der Waals surface area contributed by atoms with Gasteiger partial charge >= 0.3 is 11.9 Å². The molecule has 0 amide bonds. The van der Waals surface area contributed by atoms with Crippen LogP contribution in [0.15, 0.2) is 25.3 Å². The van der Waals surface area contributed by atoms with Gasteiger partial charge in [0.2, 0.25) is 0 Å². The molecule has 0 bridgehead atoms. The lowest BCUT2D eigenvalue weighted by molar-refractivity contribution is -0.147. The van der Waals surface area contributed by atoms with Crippen molar-refractivity contribution in [1.82, 2.24) is 0 Å². The maximum Gasteiger partial charge on any atom is 0.305 e. The second kappa shape index (κ2) is 23.1. The van der Waals surface area contributed by atoms with Crippen molar-refractivity contribution < 1.29 is 19.1 Å². The summed E-state index contributed by atoms with van der Waals surface area (Å²) in [6.07, 6.45) is 21.6. The van der Waals surface area contributed by atoms with Crippen LogP contribution in [0.25, 0.3) is 0 Å². The van der Waals surface area contributed by atoms with Crippen molar-refractivity contribution in [2.24, 2.45) is 5.92 Å². The average molecular weight is 437 g/mol. The highest BCUT2D eigenvalue weighted by Gasteiger charge is 2.09. The number of carbonyl (C=O) groups is 2. The van der Waals surface area contributed by atoms with Gasteiger partial charge in [0.1, 0.15) is 0 Å². The van der Waals surface area contributed by atoms with Gasteiger partial charge in [-0.2, -0.15) is 0 Å². The molecule has 0 aliphatic heterocycles. The van der Waals surface area contributed by atoms with Crippen LogP contribution in [0.3, 0.4) is 0 Å². The van der Waals surface area contributed by atoms with Crippen molar-refractivity contribution in [3.8, 4) is 0 Å². The molecular formula is C27H48O4. The zero-order chi connectivity index (χ0) is 23.0. The molecule has 4 heteroatoms. The topological polar surface area (TPSA) is 52.6 Å². The van der Waals surface area contributed by atoms with Gasteiger partial charge in [-0.05, 0) is 50.9 Å². The van der Waals surface area contributed by atoms with Crippen LogP contribution in [0.1, 0.15) is 116 Å². The molecule has 0 rings (SSSR count). The maximum absolute atomic E-state index is 11.8. The fourth-order valence-electron chi connectivity index (χ4n) is 3.37. The monoisotopic (exact) mass is 436 g/mol. The van der Waals surface area contributed by atoms with Crippen molar-refractivity contribution in [3.05, 3.63) is 25.3 Å². The number of hydrogen-bond acceptors (Lipinski definition) is 4. The molecule has 31 heavy (non-hydrogen) atoms. The number of esters is 2. The van der Waals surface area contributed by atoms with Crippen LogP contribution in [-0.2, 0) is 19.1 Å². The van der Waals surface area contributed by atoms with E-state index in [1.165, 1.54) is 51.4 Å². The van der Waals surface area contributed by atoms with Gasteiger partial charge in [-0.3, -0.25) is 9.59 Å². The third-order valence-electron chi connectivity index (χ3n) is 5.48. The number of hydrogen-bond donors (Lipinski definition) is 0. The number of carbonyl (C=O) groups excluding carboxylic acids is 2. The van der Waals surface area contributed by atoms with Crippen LogP contribution in [0, 0.1) is 5.92 Å². The van der Waals surface area contributed by atoms with Crippen molar-refractivity contribution in [2.45, 2.75) is 116 Å². The van der Waals surface area contributed by atoms with Crippen LogP contribution in [0.5, 0.6) is 0 Å². The Morgan fingerprint density at radius 1 is 0.677 bits per heavy atom. The van der Waals surface area contributed by atoms with Crippen molar-refractivity contribution in [2.75, 3.05) is 13.2 Å². The van der Waals surface area contributed by atoms with Crippen molar-refractivity contribution >= 4 is 11.9 Å². The predicted molar refractivity (Wildman–Crippen MR) is 130 cm³/mol. The molecule has 0 aromatic heterocycles. The third-order valence-corrected chi connectivity index (χ3v) is 5.48. The van der Waals surface area contributed by atoms with Crippen molar-refractivity contribution in [1.29, 1.82) is 0 Å². The zero-order valence-electron chi connectivity index (χ0n) is 20.2. The molecule has 180 valence electrons. The van der Waals surface area contributed by atoms with E-state index in [9.17, 15) is 9.59 Å². The fourth-order valence-corrected chi connectivity index (χ4v) is 3.37. The quantitative estimate of drug-likeness (QED) is 0.0934. The van der Waals surface area contributed by atoms with E-state index in [4.69, 9.17) is 9.47 Å². The molecule has 0 spiro atoms. The second-order valence-corrected chi connectivity index (χ2v) is 8.69. The summed E-state index contributed by atoms with van der Waals surface area (Å²) >= 11 is 0. The van der Waals surface area contributed by atoms with Crippen LogP contribution in [-0.4, -0.2) is 25.2 Å². The number of allylic oxidation sites excluding steroid dienone is 2. The van der Waals surface area contributed by atoms with Gasteiger partial charge in [-0.15, -0.1) is 13.2 Å². The van der Waals surface area contributed by atoms with E-state index in [0.717, 1.165) is 44.9 Å². The Bertz CT molecular complexity index is 458. The number of ether oxygens (including phenoxy) is 2. The number of unbranched alkanes of at least 4 members (excludes halogenated alkanes) is 12. The zero-order valence-corrected chi connectivity index (χ0v) is 20.2. The van der Waals surface area contributed by atoms with E-state index in [1.54, 1.807) is 0 Å². The molecule has 0 saturated heterocycles. The highest BCUT2D eigenvalue weighted by Crippen LogP contribution is 2.11. The molecule has 0 heterocycles. The summed E-state index contributed by atoms with van der Waals surface area (Å²) in [5, 5.41) is 0. The van der Waals surface area contributed by atoms with Crippen molar-refractivity contribution in [3.63, 3.8) is 0 Å². The SMILES string of the molecule is C=CCCCCCCCCC(=O)OCCC(C)COC(=O)CCCCCCCCC=C. The Morgan fingerprint density at radius 3 is 1.58 bits per heavy atom. The van der Waals surface area contributed by atoms with Crippen LogP contribution in [0.4, 0.5) is 0 Å². The van der Waals surface area contributed by atoms with E-state index in [-0.39, 0.29) is 17.9 Å². The molecule has 0 aliphatic carbocycles. The lowest BCUT2D eigenvalue weighted by atomic mass is 10.1. The molecule has 0 fully saturated rings. The summed E-state index contributed by atoms with van der Waals surface area (Å²) in [7, 11) is 0. The number of rotatable bonds is 23. The lowest BCUT2D eigenvalue weighted by Crippen LogP contribution is -2.15. The smallest absolute Gasteiger partial charge is 0.305 e. The molecule has 0 aliphatic rings. The van der Waals surface area contributed by atoms with E-state index >= 15 is 0 Å². The van der Waals surface area contributed by atoms with Crippen LogP contribution in [0.2, 0.25) is 0 Å². The van der Waals surface area contributed by atoms with Gasteiger partial charge < -0.3 is 9.47 Å². The highest BCUT2D eigenvalue weighted by atomic mass is 16.5. The summed E-state index contributed by atoms with van der Waals surface area (Å²) in [5.74, 6) is -0.0162. The third kappa shape index (κ3) is 22.9. The summed E-state index contributed by atoms with van der Waals surface area (Å²) < 4.78 is 10.7. The second-order valence-electron chi connectivity index (χ2n) is 8.69. The first-order valence-electron chi connectivity index (χ1n) is 12.6. The fraction of sp³-hybridized carbons (Fsp3) is 0.778. The Kier molecular flexibility index (Phi) is 21.9. The lowest BCUT2D eigenvalue weighted by Gasteiger charge is -2.12. The minimum absolute atomic E-state index is 0.111. The van der Waals surface area contributed by atoms with Crippen LogP contribution >= 0.6 is 0 Å². The molecule has 1 unspecified atom stereocenters. The van der Waals surface area contributed by atoms with Gasteiger partial charge in [0.15, 0.2) is 0 Å². The summed E-state index contributed by atoms with van der Waals surface area (Å²) in [4.78, 5) is 23.6. The first-order valence-corrected chi connectivity index (χ1v) is 12.6. The van der Waals surface area contributed by atoms with Gasteiger partial charge in [-0.25, -0.2) is 0 Å². The van der Waals surface area contributed by atoms with Gasteiger partial charge in [0.05, 0.1) is 13.2 Å². The minimum atomic E-state index is -0.111. The van der Waals surface area contributed by atoms with Gasteiger partial charge in [0.25, 0.3) is 0 Å². The summed E-state index contributed by atoms with van der Waals surface area (Å²) in [6.45, 7) is 10.3. The molecule has 0 saturated carbocycles. The van der Waals surface area contributed by atoms with E-state index in [1.807, 2.05) is 19.1 Å². The molecule has 0 radical (unpaired) electrons. The molecule has 4 nitrogen and oxygen atoms in total. The standard InChI is InChI=1S/C27H48O4/c1-4-6-8-10-12-14-16-18-20-26(28)30-23-22-25(3)24-31-27(29)21-19-17-15-13-11-9-7-5-2/h4-5,25H,1-2,6-24H2,3H3.